The Hall–Kier alpha value is 0.0513. The number of rotatable bonds is 6. The second-order valence-electron chi connectivity index (χ2n) is 3.40. The first-order valence-electron chi connectivity index (χ1n) is 5.10. The predicted octanol–water partition coefficient (Wildman–Crippen LogP) is -0.291. The van der Waals surface area contributed by atoms with E-state index >= 15 is 0 Å². The Labute approximate surface area is 147 Å². The summed E-state index contributed by atoms with van der Waals surface area (Å²) in [6.07, 6.45) is 2.08. The average molecular weight is 284 g/mol. The van der Waals surface area contributed by atoms with Crippen LogP contribution in [0.1, 0.15) is 6.42 Å². The number of halogens is 3. The smallest absolute Gasteiger partial charge is 0.497 e. The van der Waals surface area contributed by atoms with Crippen LogP contribution in [0.15, 0.2) is 30.9 Å². The van der Waals surface area contributed by atoms with Crippen LogP contribution in [0.5, 0.6) is 11.5 Å². The van der Waals surface area contributed by atoms with Crippen molar-refractivity contribution >= 4 is 12.4 Å². The Morgan fingerprint density at radius 3 is 2.50 bits per heavy atom. The first kappa shape index (κ1) is 18.1. The molecule has 0 radical (unpaired) electrons. The van der Waals surface area contributed by atoms with E-state index in [1.54, 1.807) is 6.08 Å². The molecule has 0 atom stereocenters. The van der Waals surface area contributed by atoms with Crippen LogP contribution in [0.2, 0.25) is 0 Å². The first-order chi connectivity index (χ1) is 7.99. The van der Waals surface area contributed by atoms with Gasteiger partial charge in [-0.25, -0.2) is 0 Å². The molecule has 94 valence electrons. The molecule has 0 heterocycles. The van der Waals surface area contributed by atoms with Crippen molar-refractivity contribution in [1.29, 1.82) is 0 Å². The Morgan fingerprint density at radius 2 is 2.00 bits per heavy atom. The van der Waals surface area contributed by atoms with Gasteiger partial charge in [-0.2, -0.15) is 0 Å². The van der Waals surface area contributed by atoms with Crippen LogP contribution in [0, 0.1) is 0 Å². The summed E-state index contributed by atoms with van der Waals surface area (Å²) in [4.78, 5) is 0. The predicted molar refractivity (Wildman–Crippen MR) is 62.0 cm³/mol. The van der Waals surface area contributed by atoms with Gasteiger partial charge in [0.2, 0.25) is 0 Å². The number of benzene rings is 1. The second kappa shape index (κ2) is 8.27. The third-order valence-electron chi connectivity index (χ3n) is 2.15. The third kappa shape index (κ3) is 5.36. The maximum absolute atomic E-state index is 12.8. The molecule has 0 aliphatic heterocycles. The molecule has 0 bridgehead atoms. The third-order valence-corrected chi connectivity index (χ3v) is 2.15. The summed E-state index contributed by atoms with van der Waals surface area (Å²) in [6, 6.07) is 3.66. The van der Waals surface area contributed by atoms with E-state index in [-0.39, 0.29) is 69.5 Å². The van der Waals surface area contributed by atoms with E-state index in [2.05, 4.69) is 6.58 Å². The molecule has 0 saturated heterocycles. The summed E-state index contributed by atoms with van der Waals surface area (Å²) in [7, 11) is 1.32. The van der Waals surface area contributed by atoms with Gasteiger partial charge in [0.15, 0.2) is 0 Å². The summed E-state index contributed by atoms with van der Waals surface area (Å²) in [5.74, 6) is -0.00424. The molecule has 0 aromatic heterocycles. The molecule has 7 heteroatoms. The number of hydrogen-bond donors (Lipinski definition) is 0. The Kier molecular flexibility index (Phi) is 8.29. The minimum Gasteiger partial charge on any atom is -0.497 e. The summed E-state index contributed by atoms with van der Waals surface area (Å²) in [6.45, 7) is -1.47. The topological polar surface area (TPSA) is 18.5 Å². The fourth-order valence-electron chi connectivity index (χ4n) is 1.29. The zero-order valence-corrected chi connectivity index (χ0v) is 13.6. The van der Waals surface area contributed by atoms with Crippen LogP contribution < -0.4 is 66.3 Å². The van der Waals surface area contributed by atoms with E-state index in [4.69, 9.17) is 9.47 Å². The van der Waals surface area contributed by atoms with Crippen LogP contribution in [0.3, 0.4) is 0 Å². The summed E-state index contributed by atoms with van der Waals surface area (Å²) in [5, 5.41) is 0. The van der Waals surface area contributed by atoms with Gasteiger partial charge in [0.1, 0.15) is 5.75 Å². The van der Waals surface area contributed by atoms with E-state index in [0.717, 1.165) is 6.07 Å². The van der Waals surface area contributed by atoms with Gasteiger partial charge in [0.25, 0.3) is 0 Å². The minimum absolute atomic E-state index is 0. The van der Waals surface area contributed by atoms with Gasteiger partial charge < -0.3 is 22.4 Å². The minimum atomic E-state index is -5.12. The van der Waals surface area contributed by atoms with E-state index in [1.807, 2.05) is 0 Å². The van der Waals surface area contributed by atoms with Crippen molar-refractivity contribution in [2.24, 2.45) is 0 Å². The van der Waals surface area contributed by atoms with E-state index in [9.17, 15) is 12.9 Å². The molecule has 0 spiro atoms. The Morgan fingerprint density at radius 1 is 1.33 bits per heavy atom. The van der Waals surface area contributed by atoms with Gasteiger partial charge in [-0.15, -0.1) is 6.58 Å². The molecule has 1 rings (SSSR count). The maximum Gasteiger partial charge on any atom is 1.00 e. The molecular formula is C11H13BF3KO2. The van der Waals surface area contributed by atoms with E-state index < -0.39 is 12.4 Å². The van der Waals surface area contributed by atoms with Gasteiger partial charge in [0.05, 0.1) is 19.5 Å². The van der Waals surface area contributed by atoms with Crippen molar-refractivity contribution < 1.29 is 73.8 Å². The van der Waals surface area contributed by atoms with Crippen molar-refractivity contribution in [2.45, 2.75) is 6.42 Å². The van der Waals surface area contributed by atoms with Gasteiger partial charge in [0, 0.05) is 0 Å². The Bertz CT molecular complexity index is 396. The van der Waals surface area contributed by atoms with Crippen LogP contribution >= 0.6 is 0 Å². The number of methoxy groups -OCH3 is 1. The van der Waals surface area contributed by atoms with Crippen LogP contribution in [0.4, 0.5) is 12.9 Å². The molecule has 0 amide bonds. The van der Waals surface area contributed by atoms with Crippen LogP contribution in [0.25, 0.3) is 0 Å². The van der Waals surface area contributed by atoms with Gasteiger partial charge in [-0.05, 0) is 24.6 Å². The normalized spacial score (nSPS) is 10.4. The van der Waals surface area contributed by atoms with Gasteiger partial charge >= 0.3 is 58.4 Å². The monoisotopic (exact) mass is 284 g/mol. The fourth-order valence-corrected chi connectivity index (χ4v) is 1.29. The fraction of sp³-hybridized carbons (Fsp3) is 0.273. The van der Waals surface area contributed by atoms with Crippen molar-refractivity contribution in [3.63, 3.8) is 0 Å². The molecule has 0 fully saturated rings. The van der Waals surface area contributed by atoms with Crippen molar-refractivity contribution in [3.05, 3.63) is 30.9 Å². The molecule has 0 saturated carbocycles. The molecule has 0 N–H and O–H groups in total. The number of ether oxygens (including phenoxy) is 2. The number of hydrogen-bond acceptors (Lipinski definition) is 2. The zero-order valence-electron chi connectivity index (χ0n) is 10.5. The standard InChI is InChI=1S/C11H13BF3O2.K/c1-3-4-7-17-11-6-5-9(16-2)8-10(11)12(13,14)15;/h3,5-6,8H,1,4,7H2,2H3;/q-1;+1. The quantitative estimate of drug-likeness (QED) is 0.406. The molecule has 18 heavy (non-hydrogen) atoms. The van der Waals surface area contributed by atoms with E-state index in [1.165, 1.54) is 19.2 Å². The van der Waals surface area contributed by atoms with Crippen molar-refractivity contribution in [1.82, 2.24) is 0 Å². The van der Waals surface area contributed by atoms with Gasteiger partial charge in [-0.3, -0.25) is 0 Å². The SMILES string of the molecule is C=CCCOc1ccc(OC)cc1[B-](F)(F)F.[K+]. The second-order valence-corrected chi connectivity index (χ2v) is 3.40. The average Bonchev–Trinajstić information content (AvgIpc) is 2.28. The Balaban J connectivity index is 0.00000289. The summed E-state index contributed by atoms with van der Waals surface area (Å²) < 4.78 is 48.2. The van der Waals surface area contributed by atoms with E-state index in [0.29, 0.717) is 6.42 Å². The van der Waals surface area contributed by atoms with Crippen LogP contribution in [-0.4, -0.2) is 20.7 Å². The largest absolute Gasteiger partial charge is 1.00 e. The molecule has 1 aromatic carbocycles. The molecular weight excluding hydrogens is 271 g/mol. The zero-order chi connectivity index (χ0) is 12.9. The molecule has 0 aliphatic carbocycles. The van der Waals surface area contributed by atoms with Crippen molar-refractivity contribution in [2.75, 3.05) is 13.7 Å². The summed E-state index contributed by atoms with van der Waals surface area (Å²) in [5.41, 5.74) is -0.770. The maximum atomic E-state index is 12.8. The van der Waals surface area contributed by atoms with Crippen LogP contribution in [-0.2, 0) is 0 Å². The van der Waals surface area contributed by atoms with Crippen molar-refractivity contribution in [3.8, 4) is 11.5 Å². The first-order valence-corrected chi connectivity index (χ1v) is 5.10. The summed E-state index contributed by atoms with van der Waals surface area (Å²) >= 11 is 0. The molecule has 0 aliphatic rings. The van der Waals surface area contributed by atoms with Gasteiger partial charge in [-0.1, -0.05) is 11.5 Å². The molecule has 2 nitrogen and oxygen atoms in total. The molecule has 1 aromatic rings. The molecule has 0 unspecified atom stereocenters.